The molecule has 2 rings (SSSR count). The number of benzene rings is 1. The Morgan fingerprint density at radius 2 is 2.30 bits per heavy atom. The maximum atomic E-state index is 11.3. The van der Waals surface area contributed by atoms with Crippen LogP contribution >= 0.6 is 0 Å². The minimum absolute atomic E-state index is 0.123. The summed E-state index contributed by atoms with van der Waals surface area (Å²) in [5, 5.41) is 23.1. The zero-order valence-corrected chi connectivity index (χ0v) is 10.9. The van der Waals surface area contributed by atoms with Crippen LogP contribution in [0.15, 0.2) is 18.2 Å². The second-order valence-electron chi connectivity index (χ2n) is 4.40. The van der Waals surface area contributed by atoms with Crippen molar-refractivity contribution in [1.29, 1.82) is 0 Å². The first-order chi connectivity index (χ1) is 9.52. The van der Waals surface area contributed by atoms with E-state index >= 15 is 0 Å². The zero-order valence-electron chi connectivity index (χ0n) is 10.9. The van der Waals surface area contributed by atoms with Crippen molar-refractivity contribution in [3.05, 3.63) is 28.3 Å². The van der Waals surface area contributed by atoms with E-state index in [0.717, 1.165) is 0 Å². The van der Waals surface area contributed by atoms with Gasteiger partial charge in [-0.1, -0.05) is 0 Å². The number of anilines is 1. The molecule has 8 heteroatoms. The average molecular weight is 281 g/mol. The first kappa shape index (κ1) is 14.1. The molecule has 0 amide bonds. The van der Waals surface area contributed by atoms with Gasteiger partial charge >= 0.3 is 5.97 Å². The Morgan fingerprint density at radius 3 is 2.90 bits per heavy atom. The number of hydrogen-bond acceptors (Lipinski definition) is 6. The molecule has 1 saturated heterocycles. The van der Waals surface area contributed by atoms with Gasteiger partial charge in [0.2, 0.25) is 0 Å². The minimum Gasteiger partial charge on any atom is -0.496 e. The van der Waals surface area contributed by atoms with E-state index in [4.69, 9.17) is 4.74 Å². The molecule has 0 aliphatic carbocycles. The largest absolute Gasteiger partial charge is 0.496 e. The highest BCUT2D eigenvalue weighted by Crippen LogP contribution is 2.29. The number of carboxylic acids is 1. The lowest BCUT2D eigenvalue weighted by Gasteiger charge is -2.35. The predicted molar refractivity (Wildman–Crippen MR) is 71.3 cm³/mol. The van der Waals surface area contributed by atoms with E-state index in [2.05, 4.69) is 5.32 Å². The lowest BCUT2D eigenvalue weighted by atomic mass is 10.1. The Balaban J connectivity index is 2.41. The summed E-state index contributed by atoms with van der Waals surface area (Å²) in [4.78, 5) is 23.3. The summed E-state index contributed by atoms with van der Waals surface area (Å²) in [5.41, 5.74) is 0.354. The third-order valence-electron chi connectivity index (χ3n) is 3.18. The number of methoxy groups -OCH3 is 1. The van der Waals surface area contributed by atoms with Gasteiger partial charge in [-0.3, -0.25) is 10.1 Å². The van der Waals surface area contributed by atoms with Crippen LogP contribution < -0.4 is 15.0 Å². The fraction of sp³-hybridized carbons (Fsp3) is 0.417. The van der Waals surface area contributed by atoms with Gasteiger partial charge in [-0.25, -0.2) is 4.79 Å². The van der Waals surface area contributed by atoms with Gasteiger partial charge in [0, 0.05) is 37.5 Å². The molecule has 1 unspecified atom stereocenters. The molecule has 20 heavy (non-hydrogen) atoms. The summed E-state index contributed by atoms with van der Waals surface area (Å²) < 4.78 is 5.04. The quantitative estimate of drug-likeness (QED) is 0.610. The fourth-order valence-corrected chi connectivity index (χ4v) is 2.19. The molecule has 0 spiro atoms. The molecule has 1 fully saturated rings. The maximum Gasteiger partial charge on any atom is 0.327 e. The Bertz CT molecular complexity index is 534. The molecule has 8 nitrogen and oxygen atoms in total. The molecule has 1 aromatic rings. The standard InChI is InChI=1S/C12H15N3O5/c1-20-10-5-8(4-9(6-10)15(18)19)14-3-2-13-7-11(14)12(16)17/h4-6,11,13H,2-3,7H2,1H3,(H,16,17). The van der Waals surface area contributed by atoms with Crippen LogP contribution in [-0.2, 0) is 4.79 Å². The number of nitro benzene ring substituents is 1. The average Bonchev–Trinajstić information content (AvgIpc) is 2.46. The van der Waals surface area contributed by atoms with E-state index in [-0.39, 0.29) is 5.69 Å². The van der Waals surface area contributed by atoms with Crippen LogP contribution in [0.5, 0.6) is 5.75 Å². The molecule has 0 aromatic heterocycles. The second-order valence-corrected chi connectivity index (χ2v) is 4.40. The highest BCUT2D eigenvalue weighted by molar-refractivity contribution is 5.79. The molecule has 0 radical (unpaired) electrons. The predicted octanol–water partition coefficient (Wildman–Crippen LogP) is 0.466. The molecule has 1 aliphatic heterocycles. The molecular weight excluding hydrogens is 266 g/mol. The van der Waals surface area contributed by atoms with Gasteiger partial charge in [-0.15, -0.1) is 0 Å². The lowest BCUT2D eigenvalue weighted by Crippen LogP contribution is -2.55. The van der Waals surface area contributed by atoms with Gasteiger partial charge in [0.1, 0.15) is 11.8 Å². The van der Waals surface area contributed by atoms with Crippen molar-refractivity contribution in [2.45, 2.75) is 6.04 Å². The van der Waals surface area contributed by atoms with Gasteiger partial charge in [0.25, 0.3) is 5.69 Å². The van der Waals surface area contributed by atoms with E-state index in [9.17, 15) is 20.0 Å². The Labute approximate surface area is 115 Å². The van der Waals surface area contributed by atoms with Gasteiger partial charge in [-0.2, -0.15) is 0 Å². The second kappa shape index (κ2) is 5.74. The summed E-state index contributed by atoms with van der Waals surface area (Å²) in [6, 6.07) is 3.52. The van der Waals surface area contributed by atoms with E-state index in [0.29, 0.717) is 31.1 Å². The van der Waals surface area contributed by atoms with Crippen molar-refractivity contribution in [3.63, 3.8) is 0 Å². The number of ether oxygens (including phenoxy) is 1. The highest BCUT2D eigenvalue weighted by atomic mass is 16.6. The van der Waals surface area contributed by atoms with E-state index in [1.807, 2.05) is 0 Å². The van der Waals surface area contributed by atoms with E-state index in [1.54, 1.807) is 11.0 Å². The van der Waals surface area contributed by atoms with Crippen LogP contribution in [0.2, 0.25) is 0 Å². The van der Waals surface area contributed by atoms with Gasteiger partial charge in [-0.05, 0) is 0 Å². The summed E-state index contributed by atoms with van der Waals surface area (Å²) in [6.45, 7) is 1.37. The summed E-state index contributed by atoms with van der Waals surface area (Å²) in [6.07, 6.45) is 0. The van der Waals surface area contributed by atoms with Gasteiger partial charge < -0.3 is 20.1 Å². The third kappa shape index (κ3) is 2.80. The molecule has 1 heterocycles. The van der Waals surface area contributed by atoms with Crippen LogP contribution in [-0.4, -0.2) is 48.8 Å². The van der Waals surface area contributed by atoms with Crippen LogP contribution in [0.1, 0.15) is 0 Å². The smallest absolute Gasteiger partial charge is 0.327 e. The van der Waals surface area contributed by atoms with Gasteiger partial charge in [0.05, 0.1) is 18.1 Å². The molecule has 108 valence electrons. The molecule has 2 N–H and O–H groups in total. The van der Waals surface area contributed by atoms with Crippen LogP contribution in [0.4, 0.5) is 11.4 Å². The number of hydrogen-bond donors (Lipinski definition) is 2. The summed E-state index contributed by atoms with van der Waals surface area (Å²) in [7, 11) is 1.41. The topological polar surface area (TPSA) is 105 Å². The Kier molecular flexibility index (Phi) is 4.04. The van der Waals surface area contributed by atoms with Crippen molar-refractivity contribution < 1.29 is 19.6 Å². The number of piperazine rings is 1. The van der Waals surface area contributed by atoms with Crippen molar-refractivity contribution in [2.75, 3.05) is 31.6 Å². The monoisotopic (exact) mass is 281 g/mol. The Morgan fingerprint density at radius 1 is 1.55 bits per heavy atom. The number of nitrogens with zero attached hydrogens (tertiary/aromatic N) is 2. The molecule has 1 aliphatic rings. The lowest BCUT2D eigenvalue weighted by molar-refractivity contribution is -0.384. The molecule has 0 bridgehead atoms. The van der Waals surface area contributed by atoms with Crippen LogP contribution in [0.3, 0.4) is 0 Å². The van der Waals surface area contributed by atoms with E-state index in [1.165, 1.54) is 19.2 Å². The molecule has 0 saturated carbocycles. The fourth-order valence-electron chi connectivity index (χ4n) is 2.19. The van der Waals surface area contributed by atoms with Crippen molar-refractivity contribution in [1.82, 2.24) is 5.32 Å². The number of non-ortho nitro benzene ring substituents is 1. The van der Waals surface area contributed by atoms with E-state index < -0.39 is 16.9 Å². The van der Waals surface area contributed by atoms with Gasteiger partial charge in [0.15, 0.2) is 0 Å². The molecule has 1 aromatic carbocycles. The number of aliphatic carboxylic acids is 1. The molecule has 1 atom stereocenters. The zero-order chi connectivity index (χ0) is 14.7. The first-order valence-electron chi connectivity index (χ1n) is 6.06. The number of carbonyl (C=O) groups is 1. The normalized spacial score (nSPS) is 18.6. The number of carboxylic acid groups (broad SMARTS) is 1. The van der Waals surface area contributed by atoms with Crippen LogP contribution in [0, 0.1) is 10.1 Å². The molecular formula is C12H15N3O5. The van der Waals surface area contributed by atoms with Crippen molar-refractivity contribution in [3.8, 4) is 5.75 Å². The number of nitro groups is 1. The first-order valence-corrected chi connectivity index (χ1v) is 6.06. The minimum atomic E-state index is -0.970. The van der Waals surface area contributed by atoms with Crippen molar-refractivity contribution in [2.24, 2.45) is 0 Å². The number of nitrogens with one attached hydrogen (secondary N) is 1. The summed E-state index contributed by atoms with van der Waals surface area (Å²) in [5.74, 6) is -0.639. The number of rotatable bonds is 4. The third-order valence-corrected chi connectivity index (χ3v) is 3.18. The maximum absolute atomic E-state index is 11.3. The Hall–Kier alpha value is -2.35. The highest BCUT2D eigenvalue weighted by Gasteiger charge is 2.29. The van der Waals surface area contributed by atoms with Crippen molar-refractivity contribution >= 4 is 17.3 Å². The van der Waals surface area contributed by atoms with Crippen LogP contribution in [0.25, 0.3) is 0 Å². The summed E-state index contributed by atoms with van der Waals surface area (Å²) >= 11 is 0. The SMILES string of the molecule is COc1cc(N2CCNCC2C(=O)O)cc([N+](=O)[O-])c1.